The average Bonchev–Trinajstić information content (AvgIpc) is 2.48. The highest BCUT2D eigenvalue weighted by Gasteiger charge is 2.31. The van der Waals surface area contributed by atoms with Crippen molar-refractivity contribution in [2.24, 2.45) is 11.7 Å². The summed E-state index contributed by atoms with van der Waals surface area (Å²) in [5, 5.41) is 0. The number of aromatic nitrogens is 1. The molecule has 2 N–H and O–H groups in total. The van der Waals surface area contributed by atoms with Crippen molar-refractivity contribution in [2.45, 2.75) is 38.6 Å². The van der Waals surface area contributed by atoms with Crippen molar-refractivity contribution >= 4 is 0 Å². The van der Waals surface area contributed by atoms with Crippen molar-refractivity contribution < 1.29 is 0 Å². The van der Waals surface area contributed by atoms with Crippen LogP contribution in [0.4, 0.5) is 0 Å². The molecule has 2 nitrogen and oxygen atoms in total. The molecule has 3 unspecified atom stereocenters. The highest BCUT2D eigenvalue weighted by atomic mass is 14.7. The summed E-state index contributed by atoms with van der Waals surface area (Å²) >= 11 is 0. The Morgan fingerprint density at radius 2 is 2.14 bits per heavy atom. The maximum absolute atomic E-state index is 6.02. The van der Waals surface area contributed by atoms with Gasteiger partial charge in [-0.1, -0.05) is 13.0 Å². The fourth-order valence-corrected chi connectivity index (χ4v) is 2.45. The third-order valence-electron chi connectivity index (χ3n) is 3.45. The van der Waals surface area contributed by atoms with E-state index < -0.39 is 0 Å². The first-order valence-electron chi connectivity index (χ1n) is 5.35. The maximum atomic E-state index is 6.02. The lowest BCUT2D eigenvalue weighted by atomic mass is 9.89. The van der Waals surface area contributed by atoms with Gasteiger partial charge in [0.25, 0.3) is 0 Å². The molecule has 0 radical (unpaired) electrons. The summed E-state index contributed by atoms with van der Waals surface area (Å²) in [5.74, 6) is 1.22. The second kappa shape index (κ2) is 3.70. The van der Waals surface area contributed by atoms with Crippen LogP contribution in [0.2, 0.25) is 0 Å². The Morgan fingerprint density at radius 3 is 2.71 bits per heavy atom. The van der Waals surface area contributed by atoms with Crippen LogP contribution in [0.25, 0.3) is 0 Å². The van der Waals surface area contributed by atoms with E-state index in [-0.39, 0.29) is 0 Å². The smallest absolute Gasteiger partial charge is 0.0303 e. The van der Waals surface area contributed by atoms with Gasteiger partial charge in [-0.25, -0.2) is 0 Å². The summed E-state index contributed by atoms with van der Waals surface area (Å²) in [6.45, 7) is 4.35. The predicted molar refractivity (Wildman–Crippen MR) is 58.1 cm³/mol. The van der Waals surface area contributed by atoms with Crippen LogP contribution in [0.1, 0.15) is 36.8 Å². The molecule has 1 aliphatic rings. The van der Waals surface area contributed by atoms with Crippen LogP contribution < -0.4 is 5.73 Å². The fraction of sp³-hybridized carbons (Fsp3) is 0.583. The predicted octanol–water partition coefficient (Wildman–Crippen LogP) is 2.23. The minimum atomic E-state index is 0.375. The van der Waals surface area contributed by atoms with Crippen LogP contribution in [0, 0.1) is 12.8 Å². The molecule has 1 aromatic rings. The van der Waals surface area contributed by atoms with Gasteiger partial charge in [-0.05, 0) is 42.7 Å². The zero-order valence-corrected chi connectivity index (χ0v) is 8.90. The lowest BCUT2D eigenvalue weighted by molar-refractivity contribution is 0.478. The van der Waals surface area contributed by atoms with E-state index in [9.17, 15) is 0 Å². The standard InChI is InChI=1S/C12H18N2/c1-8-5-10(7-14-6-8)11-3-4-12(13)9(11)2/h5-7,9,11-12H,3-4,13H2,1-2H3. The molecular formula is C12H18N2. The second-order valence-corrected chi connectivity index (χ2v) is 4.50. The number of nitrogens with two attached hydrogens (primary N) is 1. The molecule has 1 aromatic heterocycles. The molecule has 0 aliphatic heterocycles. The number of aryl methyl sites for hydroxylation is 1. The van der Waals surface area contributed by atoms with Crippen molar-refractivity contribution in [1.29, 1.82) is 0 Å². The van der Waals surface area contributed by atoms with Gasteiger partial charge in [0.1, 0.15) is 0 Å². The Hall–Kier alpha value is -0.890. The Balaban J connectivity index is 2.23. The first kappa shape index (κ1) is 9.66. The van der Waals surface area contributed by atoms with Crippen molar-refractivity contribution in [3.63, 3.8) is 0 Å². The van der Waals surface area contributed by atoms with E-state index in [4.69, 9.17) is 5.73 Å². The van der Waals surface area contributed by atoms with E-state index in [1.165, 1.54) is 17.5 Å². The number of rotatable bonds is 1. The largest absolute Gasteiger partial charge is 0.327 e. The molecule has 1 saturated carbocycles. The first-order chi connectivity index (χ1) is 6.68. The molecule has 14 heavy (non-hydrogen) atoms. The van der Waals surface area contributed by atoms with Crippen LogP contribution >= 0.6 is 0 Å². The minimum absolute atomic E-state index is 0.375. The molecule has 0 bridgehead atoms. The van der Waals surface area contributed by atoms with Crippen LogP contribution in [-0.2, 0) is 0 Å². The molecule has 76 valence electrons. The zero-order valence-electron chi connectivity index (χ0n) is 8.90. The van der Waals surface area contributed by atoms with Crippen molar-refractivity contribution in [1.82, 2.24) is 4.98 Å². The normalized spacial score (nSPS) is 32.1. The van der Waals surface area contributed by atoms with E-state index >= 15 is 0 Å². The topological polar surface area (TPSA) is 38.9 Å². The second-order valence-electron chi connectivity index (χ2n) is 4.50. The molecule has 1 aliphatic carbocycles. The monoisotopic (exact) mass is 190 g/mol. The number of nitrogens with zero attached hydrogens (tertiary/aromatic N) is 1. The zero-order chi connectivity index (χ0) is 10.1. The van der Waals surface area contributed by atoms with Gasteiger partial charge >= 0.3 is 0 Å². The summed E-state index contributed by atoms with van der Waals surface area (Å²) in [6.07, 6.45) is 6.27. The van der Waals surface area contributed by atoms with Crippen LogP contribution in [0.15, 0.2) is 18.5 Å². The van der Waals surface area contributed by atoms with E-state index in [1.54, 1.807) is 0 Å². The highest BCUT2D eigenvalue weighted by Crippen LogP contribution is 2.38. The molecule has 0 saturated heterocycles. The molecule has 2 rings (SSSR count). The van der Waals surface area contributed by atoms with Crippen molar-refractivity contribution in [3.8, 4) is 0 Å². The summed E-state index contributed by atoms with van der Waals surface area (Å²) in [7, 11) is 0. The van der Waals surface area contributed by atoms with Gasteiger partial charge in [0.15, 0.2) is 0 Å². The summed E-state index contributed by atoms with van der Waals surface area (Å²) in [6, 6.07) is 2.62. The van der Waals surface area contributed by atoms with E-state index in [1.807, 2.05) is 12.4 Å². The van der Waals surface area contributed by atoms with Gasteiger partial charge in [0.05, 0.1) is 0 Å². The van der Waals surface area contributed by atoms with E-state index in [0.717, 1.165) is 6.42 Å². The average molecular weight is 190 g/mol. The Kier molecular flexibility index (Phi) is 2.55. The van der Waals surface area contributed by atoms with Crippen LogP contribution in [-0.4, -0.2) is 11.0 Å². The molecule has 3 atom stereocenters. The van der Waals surface area contributed by atoms with Crippen LogP contribution in [0.3, 0.4) is 0 Å². The van der Waals surface area contributed by atoms with Crippen molar-refractivity contribution in [2.75, 3.05) is 0 Å². The number of pyridine rings is 1. The molecule has 1 heterocycles. The van der Waals surface area contributed by atoms with Gasteiger partial charge in [-0.2, -0.15) is 0 Å². The molecule has 1 fully saturated rings. The fourth-order valence-electron chi connectivity index (χ4n) is 2.45. The lowest BCUT2D eigenvalue weighted by Crippen LogP contribution is -2.24. The van der Waals surface area contributed by atoms with Gasteiger partial charge in [-0.3, -0.25) is 4.98 Å². The van der Waals surface area contributed by atoms with E-state index in [0.29, 0.717) is 17.9 Å². The SMILES string of the molecule is Cc1cncc(C2CCC(N)C2C)c1. The third kappa shape index (κ3) is 1.67. The van der Waals surface area contributed by atoms with Gasteiger partial charge < -0.3 is 5.73 Å². The minimum Gasteiger partial charge on any atom is -0.327 e. The summed E-state index contributed by atoms with van der Waals surface area (Å²) in [4.78, 5) is 4.25. The Bertz CT molecular complexity index is 322. The van der Waals surface area contributed by atoms with Crippen LogP contribution in [0.5, 0.6) is 0 Å². The Labute approximate surface area is 85.5 Å². The lowest BCUT2D eigenvalue weighted by Gasteiger charge is -2.18. The molecule has 0 amide bonds. The molecule has 2 heteroatoms. The van der Waals surface area contributed by atoms with E-state index in [2.05, 4.69) is 24.9 Å². The van der Waals surface area contributed by atoms with Crippen molar-refractivity contribution in [3.05, 3.63) is 29.6 Å². The quantitative estimate of drug-likeness (QED) is 0.737. The summed E-state index contributed by atoms with van der Waals surface area (Å²) < 4.78 is 0. The highest BCUT2D eigenvalue weighted by molar-refractivity contribution is 5.23. The first-order valence-corrected chi connectivity index (χ1v) is 5.35. The molecular weight excluding hydrogens is 172 g/mol. The Morgan fingerprint density at radius 1 is 1.36 bits per heavy atom. The van der Waals surface area contributed by atoms with Gasteiger partial charge in [-0.15, -0.1) is 0 Å². The molecule has 0 aromatic carbocycles. The molecule has 0 spiro atoms. The third-order valence-corrected chi connectivity index (χ3v) is 3.45. The maximum Gasteiger partial charge on any atom is 0.0303 e. The van der Waals surface area contributed by atoms with Gasteiger partial charge in [0, 0.05) is 18.4 Å². The number of hydrogen-bond acceptors (Lipinski definition) is 2. The van der Waals surface area contributed by atoms with Gasteiger partial charge in [0.2, 0.25) is 0 Å². The number of hydrogen-bond donors (Lipinski definition) is 1. The summed E-state index contributed by atoms with van der Waals surface area (Å²) in [5.41, 5.74) is 8.64.